The van der Waals surface area contributed by atoms with Crippen LogP contribution in [0.25, 0.3) is 17.0 Å². The minimum Gasteiger partial charge on any atom is -0.460 e. The van der Waals surface area contributed by atoms with E-state index >= 15 is 0 Å². The Bertz CT molecular complexity index is 1230. The molecule has 3 aromatic rings. The van der Waals surface area contributed by atoms with Crippen molar-refractivity contribution in [2.24, 2.45) is 0 Å². The highest BCUT2D eigenvalue weighted by molar-refractivity contribution is 6.06. The van der Waals surface area contributed by atoms with Crippen molar-refractivity contribution in [3.63, 3.8) is 0 Å². The monoisotopic (exact) mass is 424 g/mol. The van der Waals surface area contributed by atoms with Gasteiger partial charge >= 0.3 is 5.69 Å². The topological polar surface area (TPSA) is 114 Å². The number of nitrogens with zero attached hydrogens (tertiary/aromatic N) is 2. The first-order chi connectivity index (χ1) is 14.9. The highest BCUT2D eigenvalue weighted by atomic mass is 16.3. The third-order valence-electron chi connectivity index (χ3n) is 5.23. The van der Waals surface area contributed by atoms with E-state index in [2.05, 4.69) is 4.98 Å². The number of likely N-dealkylation sites (N-methyl/N-ethyl adjacent to an activating group) is 1. The van der Waals surface area contributed by atoms with E-state index in [1.54, 1.807) is 13.0 Å². The van der Waals surface area contributed by atoms with Crippen LogP contribution in [0.2, 0.25) is 0 Å². The molecule has 0 saturated carbocycles. The Labute approximate surface area is 180 Å². The van der Waals surface area contributed by atoms with Crippen molar-refractivity contribution < 1.29 is 9.21 Å². The van der Waals surface area contributed by atoms with Crippen LogP contribution in [0, 0.1) is 0 Å². The zero-order valence-corrected chi connectivity index (χ0v) is 18.1. The van der Waals surface area contributed by atoms with E-state index in [4.69, 9.17) is 10.2 Å². The lowest BCUT2D eigenvalue weighted by Crippen LogP contribution is -2.40. The lowest BCUT2D eigenvalue weighted by Gasteiger charge is -2.21. The van der Waals surface area contributed by atoms with Crippen molar-refractivity contribution in [1.29, 1.82) is 0 Å². The first-order valence-corrected chi connectivity index (χ1v) is 10.5. The highest BCUT2D eigenvalue weighted by Crippen LogP contribution is 2.27. The normalized spacial score (nSPS) is 11.5. The number of para-hydroxylation sites is 1. The summed E-state index contributed by atoms with van der Waals surface area (Å²) in [4.78, 5) is 41.3. The van der Waals surface area contributed by atoms with Crippen molar-refractivity contribution in [3.05, 3.63) is 62.5 Å². The summed E-state index contributed by atoms with van der Waals surface area (Å²) in [5, 5.41) is 0.914. The molecule has 0 fully saturated rings. The van der Waals surface area contributed by atoms with E-state index < -0.39 is 17.2 Å². The molecule has 0 aliphatic heterocycles. The molecule has 2 heterocycles. The third-order valence-corrected chi connectivity index (χ3v) is 5.23. The van der Waals surface area contributed by atoms with Crippen molar-refractivity contribution in [2.45, 2.75) is 46.6 Å². The number of benzene rings is 1. The van der Waals surface area contributed by atoms with Gasteiger partial charge in [-0.25, -0.2) is 4.79 Å². The number of nitrogens with two attached hydrogens (primary N) is 1. The van der Waals surface area contributed by atoms with Crippen LogP contribution in [0.4, 0.5) is 11.5 Å². The summed E-state index contributed by atoms with van der Waals surface area (Å²) in [7, 11) is 0. The van der Waals surface area contributed by atoms with Gasteiger partial charge in [0.25, 0.3) is 11.5 Å². The second-order valence-corrected chi connectivity index (χ2v) is 7.20. The summed E-state index contributed by atoms with van der Waals surface area (Å²) < 4.78 is 7.17. The van der Waals surface area contributed by atoms with Crippen LogP contribution in [0.15, 0.2) is 44.3 Å². The Balaban J connectivity index is 2.00. The molecule has 2 aromatic heterocycles. The largest absolute Gasteiger partial charge is 0.460 e. The number of aromatic amines is 1. The van der Waals surface area contributed by atoms with Crippen molar-refractivity contribution in [2.75, 3.05) is 17.2 Å². The maximum atomic E-state index is 13.0. The molecule has 0 aliphatic carbocycles. The molecule has 0 radical (unpaired) electrons. The molecule has 164 valence electrons. The number of hydrogen-bond donors (Lipinski definition) is 2. The van der Waals surface area contributed by atoms with Crippen LogP contribution >= 0.6 is 0 Å². The number of carbonyl (C=O) groups excluding carboxylic acids is 1. The number of nitrogens with one attached hydrogen (secondary N) is 1. The molecule has 3 rings (SSSR count). The van der Waals surface area contributed by atoms with Crippen LogP contribution in [0.3, 0.4) is 0 Å². The van der Waals surface area contributed by atoms with Gasteiger partial charge in [0.2, 0.25) is 0 Å². The maximum absolute atomic E-state index is 13.0. The third kappa shape index (κ3) is 4.33. The smallest absolute Gasteiger partial charge is 0.330 e. The molecular formula is C23H28N4O4. The second kappa shape index (κ2) is 9.51. The molecule has 0 aliphatic rings. The van der Waals surface area contributed by atoms with E-state index in [1.807, 2.05) is 38.1 Å². The van der Waals surface area contributed by atoms with E-state index in [0.29, 0.717) is 13.0 Å². The Kier molecular flexibility index (Phi) is 6.79. The number of aryl methyl sites for hydroxylation is 1. The van der Waals surface area contributed by atoms with E-state index in [1.165, 1.54) is 15.5 Å². The van der Waals surface area contributed by atoms with Crippen LogP contribution in [0.1, 0.15) is 44.9 Å². The van der Waals surface area contributed by atoms with Crippen LogP contribution in [-0.4, -0.2) is 22.0 Å². The van der Waals surface area contributed by atoms with E-state index in [-0.39, 0.29) is 18.1 Å². The number of anilines is 2. The van der Waals surface area contributed by atoms with Gasteiger partial charge in [-0.15, -0.1) is 0 Å². The van der Waals surface area contributed by atoms with Gasteiger partial charge in [-0.2, -0.15) is 0 Å². The molecule has 0 unspecified atom stereocenters. The molecule has 0 spiro atoms. The van der Waals surface area contributed by atoms with Crippen LogP contribution in [-0.2, 0) is 17.8 Å². The van der Waals surface area contributed by atoms with Gasteiger partial charge in [-0.1, -0.05) is 38.5 Å². The van der Waals surface area contributed by atoms with E-state index in [9.17, 15) is 14.4 Å². The summed E-state index contributed by atoms with van der Waals surface area (Å²) >= 11 is 0. The zero-order chi connectivity index (χ0) is 22.5. The Morgan fingerprint density at radius 2 is 1.97 bits per heavy atom. The van der Waals surface area contributed by atoms with Crippen LogP contribution < -0.4 is 21.9 Å². The number of unbranched alkanes of at least 4 members (excludes halogenated alkanes) is 1. The lowest BCUT2D eigenvalue weighted by molar-refractivity contribution is -0.114. The summed E-state index contributed by atoms with van der Waals surface area (Å²) in [6, 6.07) is 7.62. The molecule has 0 bridgehead atoms. The van der Waals surface area contributed by atoms with Gasteiger partial charge in [0.15, 0.2) is 5.69 Å². The summed E-state index contributed by atoms with van der Waals surface area (Å²) in [6.07, 6.45) is 5.36. The molecule has 1 aromatic carbocycles. The Hall–Kier alpha value is -3.55. The minimum atomic E-state index is -0.679. The number of furan rings is 1. The molecule has 8 heteroatoms. The SMILES string of the molecule is CCCCn1c(N)c(N(CC)C(=O)/C=C/c2c(CC)oc3ccccc23)c(=O)[nH]c1=O. The summed E-state index contributed by atoms with van der Waals surface area (Å²) in [6.45, 7) is 6.30. The fourth-order valence-corrected chi connectivity index (χ4v) is 3.61. The average molecular weight is 425 g/mol. The molecule has 1 amide bonds. The van der Waals surface area contributed by atoms with Gasteiger partial charge in [0.05, 0.1) is 0 Å². The van der Waals surface area contributed by atoms with Gasteiger partial charge < -0.3 is 15.1 Å². The highest BCUT2D eigenvalue weighted by Gasteiger charge is 2.22. The Morgan fingerprint density at radius 3 is 2.65 bits per heavy atom. The average Bonchev–Trinajstić information content (AvgIpc) is 3.12. The second-order valence-electron chi connectivity index (χ2n) is 7.20. The van der Waals surface area contributed by atoms with E-state index in [0.717, 1.165) is 35.1 Å². The predicted octanol–water partition coefficient (Wildman–Crippen LogP) is 3.29. The zero-order valence-electron chi connectivity index (χ0n) is 18.1. The minimum absolute atomic E-state index is 0.00573. The van der Waals surface area contributed by atoms with Gasteiger partial charge in [0.1, 0.15) is 17.2 Å². The number of H-pyrrole nitrogens is 1. The molecule has 8 nitrogen and oxygen atoms in total. The fraction of sp³-hybridized carbons (Fsp3) is 0.348. The number of nitrogen functional groups attached to an aromatic ring is 1. The quantitative estimate of drug-likeness (QED) is 0.539. The van der Waals surface area contributed by atoms with Gasteiger partial charge in [-0.05, 0) is 25.5 Å². The number of aromatic nitrogens is 2. The summed E-state index contributed by atoms with van der Waals surface area (Å²) in [5.74, 6) is 0.361. The first-order valence-electron chi connectivity index (χ1n) is 10.5. The molecule has 0 saturated heterocycles. The first kappa shape index (κ1) is 22.1. The van der Waals surface area contributed by atoms with Crippen LogP contribution in [0.5, 0.6) is 0 Å². The van der Waals surface area contributed by atoms with Crippen molar-refractivity contribution in [1.82, 2.24) is 9.55 Å². The number of hydrogen-bond acceptors (Lipinski definition) is 5. The fourth-order valence-electron chi connectivity index (χ4n) is 3.61. The molecule has 31 heavy (non-hydrogen) atoms. The van der Waals surface area contributed by atoms with Crippen molar-refractivity contribution >= 4 is 34.5 Å². The Morgan fingerprint density at radius 1 is 1.23 bits per heavy atom. The predicted molar refractivity (Wildman–Crippen MR) is 123 cm³/mol. The number of fused-ring (bicyclic) bond motifs is 1. The van der Waals surface area contributed by atoms with Gasteiger partial charge in [0, 0.05) is 36.5 Å². The van der Waals surface area contributed by atoms with Crippen molar-refractivity contribution in [3.8, 4) is 0 Å². The number of rotatable bonds is 8. The molecule has 3 N–H and O–H groups in total. The molecular weight excluding hydrogens is 396 g/mol. The standard InChI is InChI=1S/C23H28N4O4/c1-4-7-14-27-21(24)20(22(29)25-23(27)30)26(6-3)19(28)13-12-16-15-10-8-9-11-18(15)31-17(16)5-2/h8-13H,4-7,14,24H2,1-3H3,(H,25,29,30)/b13-12+. The maximum Gasteiger partial charge on any atom is 0.330 e. The lowest BCUT2D eigenvalue weighted by atomic mass is 10.1. The summed E-state index contributed by atoms with van der Waals surface area (Å²) in [5.41, 5.74) is 6.48. The molecule has 0 atom stereocenters. The number of carbonyl (C=O) groups is 1. The van der Waals surface area contributed by atoms with Gasteiger partial charge in [-0.3, -0.25) is 19.1 Å². The number of amides is 1.